The molecule has 0 spiro atoms. The van der Waals surface area contributed by atoms with E-state index in [1.165, 1.54) is 0 Å². The van der Waals surface area contributed by atoms with Crippen molar-refractivity contribution in [1.82, 2.24) is 4.90 Å². The van der Waals surface area contributed by atoms with Gasteiger partial charge in [0.05, 0.1) is 0 Å². The molecule has 0 saturated carbocycles. The molecule has 2 heteroatoms. The van der Waals surface area contributed by atoms with Crippen molar-refractivity contribution in [2.45, 2.75) is 20.4 Å². The molecule has 0 aliphatic heterocycles. The van der Waals surface area contributed by atoms with E-state index < -0.39 is 0 Å². The SMILES string of the molecule is CC(C)CN(C)Cc1ccccc1O. The summed E-state index contributed by atoms with van der Waals surface area (Å²) in [4.78, 5) is 2.22. The molecule has 0 aliphatic carbocycles. The lowest BCUT2D eigenvalue weighted by molar-refractivity contribution is 0.284. The van der Waals surface area contributed by atoms with E-state index in [4.69, 9.17) is 0 Å². The third kappa shape index (κ3) is 3.38. The summed E-state index contributed by atoms with van der Waals surface area (Å²) in [6.07, 6.45) is 0. The van der Waals surface area contributed by atoms with Crippen molar-refractivity contribution < 1.29 is 5.11 Å². The number of phenols is 1. The minimum atomic E-state index is 0.392. The van der Waals surface area contributed by atoms with Crippen molar-refractivity contribution in [3.05, 3.63) is 29.8 Å². The van der Waals surface area contributed by atoms with Crippen LogP contribution in [0.3, 0.4) is 0 Å². The van der Waals surface area contributed by atoms with E-state index in [9.17, 15) is 5.11 Å². The minimum Gasteiger partial charge on any atom is -0.508 e. The molecule has 0 radical (unpaired) electrons. The van der Waals surface area contributed by atoms with Crippen LogP contribution in [-0.4, -0.2) is 23.6 Å². The Bertz CT molecular complexity index is 283. The monoisotopic (exact) mass is 193 g/mol. The molecule has 0 amide bonds. The van der Waals surface area contributed by atoms with Crippen LogP contribution in [0.5, 0.6) is 5.75 Å². The Hall–Kier alpha value is -1.02. The van der Waals surface area contributed by atoms with Crippen LogP contribution in [0.25, 0.3) is 0 Å². The highest BCUT2D eigenvalue weighted by Gasteiger charge is 2.05. The van der Waals surface area contributed by atoms with Crippen LogP contribution in [0.15, 0.2) is 24.3 Å². The van der Waals surface area contributed by atoms with E-state index >= 15 is 0 Å². The first kappa shape index (κ1) is 11.1. The second-order valence-corrected chi connectivity index (χ2v) is 4.22. The molecule has 2 nitrogen and oxygen atoms in total. The van der Waals surface area contributed by atoms with Crippen LogP contribution < -0.4 is 0 Å². The lowest BCUT2D eigenvalue weighted by atomic mass is 10.1. The van der Waals surface area contributed by atoms with Gasteiger partial charge in [0.2, 0.25) is 0 Å². The molecule has 14 heavy (non-hydrogen) atoms. The maximum absolute atomic E-state index is 9.57. The smallest absolute Gasteiger partial charge is 0.120 e. The van der Waals surface area contributed by atoms with Crippen LogP contribution >= 0.6 is 0 Å². The molecule has 78 valence electrons. The number of phenolic OH excluding ortho intramolecular Hbond substituents is 1. The quantitative estimate of drug-likeness (QED) is 0.794. The van der Waals surface area contributed by atoms with Crippen molar-refractivity contribution >= 4 is 0 Å². The number of hydrogen-bond donors (Lipinski definition) is 1. The van der Waals surface area contributed by atoms with E-state index in [2.05, 4.69) is 25.8 Å². The molecule has 0 aliphatic rings. The molecule has 0 bridgehead atoms. The van der Waals surface area contributed by atoms with Crippen LogP contribution in [0, 0.1) is 5.92 Å². The molecular formula is C12H19NO. The zero-order valence-electron chi connectivity index (χ0n) is 9.20. The Morgan fingerprint density at radius 3 is 2.50 bits per heavy atom. The summed E-state index contributed by atoms with van der Waals surface area (Å²) in [6, 6.07) is 7.50. The van der Waals surface area contributed by atoms with Crippen molar-refractivity contribution in [3.8, 4) is 5.75 Å². The van der Waals surface area contributed by atoms with Gasteiger partial charge in [0.25, 0.3) is 0 Å². The highest BCUT2D eigenvalue weighted by atomic mass is 16.3. The van der Waals surface area contributed by atoms with Gasteiger partial charge in [-0.15, -0.1) is 0 Å². The molecule has 1 aromatic carbocycles. The number of aromatic hydroxyl groups is 1. The van der Waals surface area contributed by atoms with Gasteiger partial charge in [0, 0.05) is 18.7 Å². The van der Waals surface area contributed by atoms with Gasteiger partial charge in [0.15, 0.2) is 0 Å². The van der Waals surface area contributed by atoms with Gasteiger partial charge in [0.1, 0.15) is 5.75 Å². The second kappa shape index (κ2) is 5.01. The van der Waals surface area contributed by atoms with E-state index in [0.29, 0.717) is 11.7 Å². The molecule has 0 unspecified atom stereocenters. The van der Waals surface area contributed by atoms with Crippen molar-refractivity contribution in [3.63, 3.8) is 0 Å². The summed E-state index contributed by atoms with van der Waals surface area (Å²) in [6.45, 7) is 6.25. The summed E-state index contributed by atoms with van der Waals surface area (Å²) in [5, 5.41) is 9.57. The number of benzene rings is 1. The Morgan fingerprint density at radius 2 is 1.93 bits per heavy atom. The molecule has 0 fully saturated rings. The molecule has 1 aromatic rings. The van der Waals surface area contributed by atoms with Crippen LogP contribution in [0.2, 0.25) is 0 Å². The first-order valence-electron chi connectivity index (χ1n) is 5.05. The molecule has 1 N–H and O–H groups in total. The zero-order chi connectivity index (χ0) is 10.6. The molecule has 1 rings (SSSR count). The van der Waals surface area contributed by atoms with E-state index in [0.717, 1.165) is 18.7 Å². The summed E-state index contributed by atoms with van der Waals surface area (Å²) >= 11 is 0. The average Bonchev–Trinajstić information content (AvgIpc) is 2.07. The van der Waals surface area contributed by atoms with E-state index in [1.807, 2.05) is 18.2 Å². The molecule has 0 aromatic heterocycles. The standard InChI is InChI=1S/C12H19NO/c1-10(2)8-13(3)9-11-6-4-5-7-12(11)14/h4-7,10,14H,8-9H2,1-3H3. The van der Waals surface area contributed by atoms with Crippen LogP contribution in [0.4, 0.5) is 0 Å². The summed E-state index contributed by atoms with van der Waals surface area (Å²) in [5.41, 5.74) is 0.996. The molecule has 0 atom stereocenters. The fourth-order valence-corrected chi connectivity index (χ4v) is 1.62. The second-order valence-electron chi connectivity index (χ2n) is 4.22. The van der Waals surface area contributed by atoms with E-state index in [1.54, 1.807) is 6.07 Å². The van der Waals surface area contributed by atoms with Gasteiger partial charge in [-0.3, -0.25) is 0 Å². The van der Waals surface area contributed by atoms with Crippen molar-refractivity contribution in [2.75, 3.05) is 13.6 Å². The first-order chi connectivity index (χ1) is 6.59. The Balaban J connectivity index is 2.56. The topological polar surface area (TPSA) is 23.5 Å². The third-order valence-electron chi connectivity index (χ3n) is 2.11. The van der Waals surface area contributed by atoms with Gasteiger partial charge >= 0.3 is 0 Å². The fraction of sp³-hybridized carbons (Fsp3) is 0.500. The Morgan fingerprint density at radius 1 is 1.29 bits per heavy atom. The highest BCUT2D eigenvalue weighted by molar-refractivity contribution is 5.31. The Kier molecular flexibility index (Phi) is 3.96. The minimum absolute atomic E-state index is 0.392. The third-order valence-corrected chi connectivity index (χ3v) is 2.11. The number of hydrogen-bond acceptors (Lipinski definition) is 2. The van der Waals surface area contributed by atoms with Crippen LogP contribution in [-0.2, 0) is 6.54 Å². The number of nitrogens with zero attached hydrogens (tertiary/aromatic N) is 1. The Labute approximate surface area is 86.2 Å². The zero-order valence-corrected chi connectivity index (χ0v) is 9.20. The predicted octanol–water partition coefficient (Wildman–Crippen LogP) is 2.48. The lowest BCUT2D eigenvalue weighted by Crippen LogP contribution is -2.22. The highest BCUT2D eigenvalue weighted by Crippen LogP contribution is 2.17. The summed E-state index contributed by atoms with van der Waals surface area (Å²) < 4.78 is 0. The maximum Gasteiger partial charge on any atom is 0.120 e. The van der Waals surface area contributed by atoms with Gasteiger partial charge < -0.3 is 10.0 Å². The van der Waals surface area contributed by atoms with Gasteiger partial charge in [-0.2, -0.15) is 0 Å². The van der Waals surface area contributed by atoms with Gasteiger partial charge in [-0.05, 0) is 19.0 Å². The lowest BCUT2D eigenvalue weighted by Gasteiger charge is -2.19. The van der Waals surface area contributed by atoms with Gasteiger partial charge in [-0.1, -0.05) is 32.0 Å². The molecular weight excluding hydrogens is 174 g/mol. The largest absolute Gasteiger partial charge is 0.508 e. The molecule has 0 saturated heterocycles. The number of para-hydroxylation sites is 1. The van der Waals surface area contributed by atoms with Gasteiger partial charge in [-0.25, -0.2) is 0 Å². The van der Waals surface area contributed by atoms with E-state index in [-0.39, 0.29) is 0 Å². The van der Waals surface area contributed by atoms with Crippen LogP contribution in [0.1, 0.15) is 19.4 Å². The normalized spacial score (nSPS) is 11.2. The fourth-order valence-electron chi connectivity index (χ4n) is 1.62. The van der Waals surface area contributed by atoms with Crippen molar-refractivity contribution in [2.24, 2.45) is 5.92 Å². The summed E-state index contributed by atoms with van der Waals surface area (Å²) in [5.74, 6) is 1.05. The number of rotatable bonds is 4. The predicted molar refractivity (Wildman–Crippen MR) is 59.3 cm³/mol. The maximum atomic E-state index is 9.57. The first-order valence-corrected chi connectivity index (χ1v) is 5.05. The molecule has 0 heterocycles. The average molecular weight is 193 g/mol. The van der Waals surface area contributed by atoms with Crippen molar-refractivity contribution in [1.29, 1.82) is 0 Å². The summed E-state index contributed by atoms with van der Waals surface area (Å²) in [7, 11) is 2.08.